The van der Waals surface area contributed by atoms with Crippen molar-refractivity contribution in [3.05, 3.63) is 36.4 Å². The molecule has 17 heavy (non-hydrogen) atoms. The Morgan fingerprint density at radius 3 is 2.41 bits per heavy atom. The van der Waals surface area contributed by atoms with Gasteiger partial charge < -0.3 is 0 Å². The van der Waals surface area contributed by atoms with Crippen molar-refractivity contribution in [2.24, 2.45) is 0 Å². The smallest absolute Gasteiger partial charge is 0.212 e. The molecule has 2 aromatic carbocycles. The van der Waals surface area contributed by atoms with E-state index in [1.807, 2.05) is 30.3 Å². The second-order valence-corrected chi connectivity index (χ2v) is 8.75. The van der Waals surface area contributed by atoms with Gasteiger partial charge in [0.25, 0.3) is 0 Å². The molecule has 2 nitrogen and oxygen atoms in total. The van der Waals surface area contributed by atoms with E-state index in [0.29, 0.717) is 4.90 Å². The highest BCUT2D eigenvalue weighted by molar-refractivity contribution is 8.72. The monoisotopic (exact) mass is 278 g/mol. The SMILES string of the molecule is O=S1(=O)Sc2cccc3sc4cccc1c4c23. The van der Waals surface area contributed by atoms with E-state index in [0.717, 1.165) is 35.9 Å². The predicted octanol–water partition coefficient (Wildman–Crippen LogP) is 3.85. The zero-order valence-corrected chi connectivity index (χ0v) is 11.0. The highest BCUT2D eigenvalue weighted by Crippen LogP contribution is 2.49. The van der Waals surface area contributed by atoms with E-state index in [9.17, 15) is 8.42 Å². The van der Waals surface area contributed by atoms with Crippen molar-refractivity contribution >= 4 is 51.2 Å². The number of thiophene rings is 1. The Morgan fingerprint density at radius 2 is 1.59 bits per heavy atom. The second kappa shape index (κ2) is 3.04. The molecule has 4 rings (SSSR count). The molecule has 84 valence electrons. The minimum Gasteiger partial charge on any atom is -0.212 e. The molecule has 2 heterocycles. The summed E-state index contributed by atoms with van der Waals surface area (Å²) in [5.74, 6) is 0. The Morgan fingerprint density at radius 1 is 0.882 bits per heavy atom. The summed E-state index contributed by atoms with van der Waals surface area (Å²) in [6, 6.07) is 11.3. The maximum Gasteiger partial charge on any atom is 0.235 e. The van der Waals surface area contributed by atoms with Crippen molar-refractivity contribution in [1.82, 2.24) is 0 Å². The third-order valence-electron chi connectivity index (χ3n) is 2.91. The molecule has 1 aliphatic heterocycles. The average molecular weight is 278 g/mol. The van der Waals surface area contributed by atoms with Crippen molar-refractivity contribution < 1.29 is 8.42 Å². The number of hydrogen-bond donors (Lipinski definition) is 0. The Hall–Kier alpha value is -1.04. The summed E-state index contributed by atoms with van der Waals surface area (Å²) in [4.78, 5) is 1.32. The topological polar surface area (TPSA) is 34.1 Å². The lowest BCUT2D eigenvalue weighted by atomic mass is 10.1. The first-order valence-corrected chi connectivity index (χ1v) is 8.69. The van der Waals surface area contributed by atoms with Crippen molar-refractivity contribution in [2.75, 3.05) is 0 Å². The van der Waals surface area contributed by atoms with Crippen LogP contribution in [0.15, 0.2) is 46.2 Å². The number of rotatable bonds is 0. The minimum absolute atomic E-state index is 0.463. The van der Waals surface area contributed by atoms with E-state index < -0.39 is 8.87 Å². The zero-order chi connectivity index (χ0) is 11.6. The van der Waals surface area contributed by atoms with Gasteiger partial charge in [-0.25, -0.2) is 8.42 Å². The van der Waals surface area contributed by atoms with Crippen LogP contribution < -0.4 is 0 Å². The van der Waals surface area contributed by atoms with E-state index in [-0.39, 0.29) is 0 Å². The predicted molar refractivity (Wildman–Crippen MR) is 72.4 cm³/mol. The largest absolute Gasteiger partial charge is 0.235 e. The molecule has 0 aliphatic carbocycles. The van der Waals surface area contributed by atoms with E-state index in [2.05, 4.69) is 0 Å². The van der Waals surface area contributed by atoms with Crippen molar-refractivity contribution in [3.63, 3.8) is 0 Å². The van der Waals surface area contributed by atoms with Gasteiger partial charge in [0, 0.05) is 35.9 Å². The van der Waals surface area contributed by atoms with Gasteiger partial charge >= 0.3 is 0 Å². The Bertz CT molecular complexity index is 875. The summed E-state index contributed by atoms with van der Waals surface area (Å²) >= 11 is 1.65. The van der Waals surface area contributed by atoms with Gasteiger partial charge in [-0.2, -0.15) is 0 Å². The summed E-state index contributed by atoms with van der Waals surface area (Å²) in [5, 5.41) is 2.00. The third-order valence-corrected chi connectivity index (χ3v) is 7.39. The van der Waals surface area contributed by atoms with Gasteiger partial charge in [-0.05, 0) is 24.3 Å². The highest BCUT2D eigenvalue weighted by atomic mass is 33.1. The summed E-state index contributed by atoms with van der Waals surface area (Å²) in [6.45, 7) is 0. The Kier molecular flexibility index (Phi) is 1.78. The molecular formula is C12H6O2S3. The van der Waals surface area contributed by atoms with Crippen LogP contribution in [0, 0.1) is 0 Å². The molecule has 0 unspecified atom stereocenters. The summed E-state index contributed by atoms with van der Waals surface area (Å²) in [7, 11) is -2.28. The van der Waals surface area contributed by atoms with Crippen LogP contribution in [0.5, 0.6) is 0 Å². The van der Waals surface area contributed by atoms with Crippen LogP contribution in [-0.2, 0) is 8.87 Å². The molecule has 1 aliphatic rings. The van der Waals surface area contributed by atoms with Gasteiger partial charge in [-0.15, -0.1) is 11.3 Å². The fourth-order valence-corrected chi connectivity index (χ4v) is 6.81. The molecule has 0 saturated heterocycles. The van der Waals surface area contributed by atoms with Crippen LogP contribution in [-0.4, -0.2) is 8.42 Å². The maximum absolute atomic E-state index is 12.2. The van der Waals surface area contributed by atoms with Crippen LogP contribution in [0.1, 0.15) is 0 Å². The average Bonchev–Trinajstić information content (AvgIpc) is 2.66. The summed E-state index contributed by atoms with van der Waals surface area (Å²) < 4.78 is 26.5. The Labute approximate surface area is 106 Å². The molecule has 0 N–H and O–H groups in total. The minimum atomic E-state index is -3.24. The lowest BCUT2D eigenvalue weighted by Crippen LogP contribution is -1.99. The third kappa shape index (κ3) is 1.19. The highest BCUT2D eigenvalue weighted by Gasteiger charge is 2.28. The number of benzene rings is 2. The van der Waals surface area contributed by atoms with Gasteiger partial charge in [0.15, 0.2) is 0 Å². The van der Waals surface area contributed by atoms with Crippen LogP contribution in [0.3, 0.4) is 0 Å². The van der Waals surface area contributed by atoms with Gasteiger partial charge in [-0.1, -0.05) is 12.1 Å². The van der Waals surface area contributed by atoms with Crippen LogP contribution >= 0.6 is 22.1 Å². The van der Waals surface area contributed by atoms with E-state index in [1.54, 1.807) is 17.4 Å². The Balaban J connectivity index is 2.45. The first-order chi connectivity index (χ1) is 8.17. The van der Waals surface area contributed by atoms with Crippen LogP contribution in [0.25, 0.3) is 20.2 Å². The number of hydrogen-bond acceptors (Lipinski definition) is 4. The van der Waals surface area contributed by atoms with Crippen LogP contribution in [0.4, 0.5) is 0 Å². The van der Waals surface area contributed by atoms with E-state index in [1.165, 1.54) is 0 Å². The van der Waals surface area contributed by atoms with Gasteiger partial charge in [-0.3, -0.25) is 0 Å². The molecule has 3 aromatic rings. The molecule has 0 radical (unpaired) electrons. The van der Waals surface area contributed by atoms with Crippen molar-refractivity contribution in [1.29, 1.82) is 0 Å². The molecule has 0 spiro atoms. The molecule has 0 bridgehead atoms. The standard InChI is InChI=1S/C12H6O2S3/c13-17(14)10-6-2-4-8-12(10)11-7(15-8)3-1-5-9(11)16-17/h1-6H. The molecule has 0 atom stereocenters. The van der Waals surface area contributed by atoms with Crippen molar-refractivity contribution in [2.45, 2.75) is 9.79 Å². The van der Waals surface area contributed by atoms with E-state index >= 15 is 0 Å². The second-order valence-electron chi connectivity index (χ2n) is 3.90. The fraction of sp³-hybridized carbons (Fsp3) is 0. The first-order valence-electron chi connectivity index (χ1n) is 5.05. The first kappa shape index (κ1) is 9.94. The van der Waals surface area contributed by atoms with Crippen molar-refractivity contribution in [3.8, 4) is 0 Å². The summed E-state index contributed by atoms with van der Waals surface area (Å²) in [5.41, 5.74) is 0. The van der Waals surface area contributed by atoms with Gasteiger partial charge in [0.1, 0.15) is 0 Å². The van der Waals surface area contributed by atoms with E-state index in [4.69, 9.17) is 0 Å². The molecule has 0 saturated carbocycles. The quantitative estimate of drug-likeness (QED) is 0.586. The molecule has 0 amide bonds. The normalized spacial score (nSPS) is 16.9. The molecule has 0 fully saturated rings. The maximum atomic E-state index is 12.2. The molecule has 1 aromatic heterocycles. The fourth-order valence-electron chi connectivity index (χ4n) is 2.24. The summed E-state index contributed by atoms with van der Waals surface area (Å²) in [6.07, 6.45) is 0. The lowest BCUT2D eigenvalue weighted by Gasteiger charge is -2.12. The van der Waals surface area contributed by atoms with Gasteiger partial charge in [0.05, 0.1) is 4.90 Å². The molecular weight excluding hydrogens is 272 g/mol. The lowest BCUT2D eigenvalue weighted by molar-refractivity contribution is 0.611. The molecule has 5 heteroatoms. The zero-order valence-electron chi connectivity index (χ0n) is 8.51. The van der Waals surface area contributed by atoms with Gasteiger partial charge in [0.2, 0.25) is 8.87 Å². The van der Waals surface area contributed by atoms with Crippen LogP contribution in [0.2, 0.25) is 0 Å².